The van der Waals surface area contributed by atoms with Gasteiger partial charge in [0.05, 0.1) is 0 Å². The molecule has 2 nitrogen and oxygen atoms in total. The van der Waals surface area contributed by atoms with Crippen molar-refractivity contribution in [3.05, 3.63) is 35.9 Å². The van der Waals surface area contributed by atoms with Crippen LogP contribution in [0.15, 0.2) is 30.3 Å². The van der Waals surface area contributed by atoms with E-state index in [-0.39, 0.29) is 6.10 Å². The van der Waals surface area contributed by atoms with Crippen LogP contribution in [0.2, 0.25) is 0 Å². The Morgan fingerprint density at radius 1 is 1.11 bits per heavy atom. The largest absolute Gasteiger partial charge is 0.464 e. The molecule has 100 valence electrons. The Balaban J connectivity index is 2.33. The summed E-state index contributed by atoms with van der Waals surface area (Å²) in [7, 11) is 0. The average Bonchev–Trinajstić information content (AvgIpc) is 2.36. The lowest BCUT2D eigenvalue weighted by molar-refractivity contribution is -0.133. The van der Waals surface area contributed by atoms with Crippen LogP contribution < -0.4 is 0 Å². The van der Waals surface area contributed by atoms with Gasteiger partial charge in [-0.3, -0.25) is 4.79 Å². The van der Waals surface area contributed by atoms with E-state index in [1.54, 1.807) is 0 Å². The van der Waals surface area contributed by atoms with Gasteiger partial charge in [0.15, 0.2) is 0 Å². The molecule has 0 amide bonds. The summed E-state index contributed by atoms with van der Waals surface area (Å²) < 4.78 is 5.17. The van der Waals surface area contributed by atoms with E-state index in [1.807, 2.05) is 18.2 Å². The monoisotopic (exact) mass is 248 g/mol. The highest BCUT2D eigenvalue weighted by molar-refractivity contribution is 5.37. The molecule has 2 heteroatoms. The molecule has 1 aromatic carbocycles. The molecule has 0 saturated heterocycles. The second kappa shape index (κ2) is 8.73. The van der Waals surface area contributed by atoms with E-state index < -0.39 is 0 Å². The number of ether oxygens (including phenoxy) is 1. The van der Waals surface area contributed by atoms with Crippen molar-refractivity contribution in [1.82, 2.24) is 0 Å². The van der Waals surface area contributed by atoms with Gasteiger partial charge in [-0.05, 0) is 24.3 Å². The highest BCUT2D eigenvalue weighted by Gasteiger charge is 2.10. The van der Waals surface area contributed by atoms with E-state index in [0.29, 0.717) is 6.47 Å². The number of hydrogen-bond donors (Lipinski definition) is 0. The molecule has 1 unspecified atom stereocenters. The Kier molecular flexibility index (Phi) is 7.16. The molecular weight excluding hydrogens is 224 g/mol. The van der Waals surface area contributed by atoms with Crippen molar-refractivity contribution in [2.75, 3.05) is 0 Å². The van der Waals surface area contributed by atoms with E-state index >= 15 is 0 Å². The fourth-order valence-corrected chi connectivity index (χ4v) is 2.10. The number of unbranched alkanes of at least 4 members (excludes halogenated alkanes) is 1. The number of carbonyl (C=O) groups excluding carboxylic acids is 1. The third-order valence-electron chi connectivity index (χ3n) is 3.11. The lowest BCUT2D eigenvalue weighted by Gasteiger charge is -2.15. The first-order valence-electron chi connectivity index (χ1n) is 6.85. The summed E-state index contributed by atoms with van der Waals surface area (Å²) in [4.78, 5) is 10.5. The summed E-state index contributed by atoms with van der Waals surface area (Å²) in [5.41, 5.74) is 1.23. The maximum atomic E-state index is 10.5. The summed E-state index contributed by atoms with van der Waals surface area (Å²) in [6.45, 7) is 5.06. The van der Waals surface area contributed by atoms with Gasteiger partial charge in [0.2, 0.25) is 0 Å². The number of rotatable bonds is 9. The predicted octanol–water partition coefficient (Wildman–Crippen LogP) is 3.99. The number of benzene rings is 1. The molecule has 0 aromatic heterocycles. The summed E-state index contributed by atoms with van der Waals surface area (Å²) in [5.74, 6) is 0.754. The molecule has 0 fully saturated rings. The SMILES string of the molecule is CC(C)CCCCC(Cc1ccccc1)OC=O. The van der Waals surface area contributed by atoms with Crippen LogP contribution in [-0.2, 0) is 16.0 Å². The molecule has 0 saturated carbocycles. The van der Waals surface area contributed by atoms with Crippen molar-refractivity contribution in [2.24, 2.45) is 5.92 Å². The van der Waals surface area contributed by atoms with Crippen LogP contribution >= 0.6 is 0 Å². The van der Waals surface area contributed by atoms with Gasteiger partial charge in [0.1, 0.15) is 6.10 Å². The molecule has 0 aliphatic rings. The van der Waals surface area contributed by atoms with Crippen molar-refractivity contribution in [1.29, 1.82) is 0 Å². The van der Waals surface area contributed by atoms with E-state index in [0.717, 1.165) is 25.2 Å². The van der Waals surface area contributed by atoms with E-state index in [4.69, 9.17) is 4.74 Å². The van der Waals surface area contributed by atoms with Crippen molar-refractivity contribution in [3.8, 4) is 0 Å². The fraction of sp³-hybridized carbons (Fsp3) is 0.562. The number of hydrogen-bond acceptors (Lipinski definition) is 2. The van der Waals surface area contributed by atoms with Crippen LogP contribution in [0.1, 0.15) is 45.1 Å². The molecule has 18 heavy (non-hydrogen) atoms. The van der Waals surface area contributed by atoms with Gasteiger partial charge in [-0.2, -0.15) is 0 Å². The van der Waals surface area contributed by atoms with Crippen molar-refractivity contribution >= 4 is 6.47 Å². The summed E-state index contributed by atoms with van der Waals surface area (Å²) >= 11 is 0. The lowest BCUT2D eigenvalue weighted by atomic mass is 10.0. The summed E-state index contributed by atoms with van der Waals surface area (Å²) in [6.07, 6.45) is 5.40. The third-order valence-corrected chi connectivity index (χ3v) is 3.11. The van der Waals surface area contributed by atoms with E-state index in [2.05, 4.69) is 26.0 Å². The molecule has 0 aliphatic carbocycles. The lowest BCUT2D eigenvalue weighted by Crippen LogP contribution is -2.15. The normalized spacial score (nSPS) is 12.4. The summed E-state index contributed by atoms with van der Waals surface area (Å²) in [6, 6.07) is 10.2. The zero-order valence-electron chi connectivity index (χ0n) is 11.5. The van der Waals surface area contributed by atoms with Crippen LogP contribution in [-0.4, -0.2) is 12.6 Å². The second-order valence-corrected chi connectivity index (χ2v) is 5.22. The van der Waals surface area contributed by atoms with Gasteiger partial charge in [-0.1, -0.05) is 57.0 Å². The molecule has 1 rings (SSSR count). The number of carbonyl (C=O) groups is 1. The van der Waals surface area contributed by atoms with Crippen LogP contribution in [0.4, 0.5) is 0 Å². The second-order valence-electron chi connectivity index (χ2n) is 5.22. The first-order valence-corrected chi connectivity index (χ1v) is 6.85. The first-order chi connectivity index (χ1) is 8.72. The van der Waals surface area contributed by atoms with E-state index in [1.165, 1.54) is 18.4 Å². The molecule has 1 aromatic rings. The summed E-state index contributed by atoms with van der Waals surface area (Å²) in [5, 5.41) is 0. The van der Waals surface area contributed by atoms with Crippen LogP contribution in [0.25, 0.3) is 0 Å². The van der Waals surface area contributed by atoms with E-state index in [9.17, 15) is 4.79 Å². The topological polar surface area (TPSA) is 26.3 Å². The zero-order chi connectivity index (χ0) is 13.2. The molecule has 0 N–H and O–H groups in total. The van der Waals surface area contributed by atoms with Crippen molar-refractivity contribution < 1.29 is 9.53 Å². The Hall–Kier alpha value is -1.31. The standard InChI is InChI=1S/C16H24O2/c1-14(2)8-6-7-11-16(18-13-17)12-15-9-4-3-5-10-15/h3-5,9-10,13-14,16H,6-8,11-12H2,1-2H3. The first kappa shape index (κ1) is 14.7. The van der Waals surface area contributed by atoms with Crippen molar-refractivity contribution in [2.45, 2.75) is 52.1 Å². The zero-order valence-corrected chi connectivity index (χ0v) is 11.5. The third kappa shape index (κ3) is 6.43. The Morgan fingerprint density at radius 3 is 2.39 bits per heavy atom. The average molecular weight is 248 g/mol. The Labute approximate surface area is 110 Å². The Morgan fingerprint density at radius 2 is 1.78 bits per heavy atom. The maximum absolute atomic E-state index is 10.5. The van der Waals surface area contributed by atoms with Gasteiger partial charge in [-0.25, -0.2) is 0 Å². The Bertz CT molecular complexity index is 319. The molecular formula is C16H24O2. The molecule has 0 bridgehead atoms. The molecule has 0 heterocycles. The minimum absolute atomic E-state index is 0.0251. The molecule has 0 aliphatic heterocycles. The van der Waals surface area contributed by atoms with Crippen molar-refractivity contribution in [3.63, 3.8) is 0 Å². The van der Waals surface area contributed by atoms with Crippen LogP contribution in [0, 0.1) is 5.92 Å². The minimum atomic E-state index is 0.0251. The van der Waals surface area contributed by atoms with Gasteiger partial charge in [0.25, 0.3) is 6.47 Å². The van der Waals surface area contributed by atoms with Gasteiger partial charge in [0, 0.05) is 6.42 Å². The van der Waals surface area contributed by atoms with Gasteiger partial charge >= 0.3 is 0 Å². The smallest absolute Gasteiger partial charge is 0.293 e. The van der Waals surface area contributed by atoms with Gasteiger partial charge in [-0.15, -0.1) is 0 Å². The van der Waals surface area contributed by atoms with Crippen LogP contribution in [0.3, 0.4) is 0 Å². The highest BCUT2D eigenvalue weighted by atomic mass is 16.5. The highest BCUT2D eigenvalue weighted by Crippen LogP contribution is 2.14. The maximum Gasteiger partial charge on any atom is 0.293 e. The fourth-order valence-electron chi connectivity index (χ4n) is 2.10. The van der Waals surface area contributed by atoms with Crippen LogP contribution in [0.5, 0.6) is 0 Å². The predicted molar refractivity (Wildman–Crippen MR) is 74.4 cm³/mol. The van der Waals surface area contributed by atoms with Gasteiger partial charge < -0.3 is 4.74 Å². The molecule has 0 radical (unpaired) electrons. The minimum Gasteiger partial charge on any atom is -0.464 e. The molecule has 0 spiro atoms. The molecule has 1 atom stereocenters. The quantitative estimate of drug-likeness (QED) is 0.488.